The van der Waals surface area contributed by atoms with Gasteiger partial charge in [-0.25, -0.2) is 0 Å². The smallest absolute Gasteiger partial charge is 0.426 e. The van der Waals surface area contributed by atoms with Crippen LogP contribution in [0.25, 0.3) is 0 Å². The van der Waals surface area contributed by atoms with Crippen LogP contribution in [0.5, 0.6) is 11.5 Å². The van der Waals surface area contributed by atoms with Crippen molar-refractivity contribution in [1.82, 2.24) is 0 Å². The monoisotopic (exact) mass is 580 g/mol. The van der Waals surface area contributed by atoms with Crippen LogP contribution >= 0.6 is 45.2 Å². The Hall–Kier alpha value is -0.0200. The standard InChI is InChI=1S/C12H13F3I2O5S/c1-6(2)21-11-8(16)3-7(4-9(11)17)22-10(12(13,14)15)5-23(18,19)20/h3-4,6,10H,5H2,1-2H3,(H,18,19,20). The van der Waals surface area contributed by atoms with E-state index in [-0.39, 0.29) is 11.9 Å². The number of hydrogen-bond donors (Lipinski definition) is 1. The fourth-order valence-corrected chi connectivity index (χ4v) is 4.11. The van der Waals surface area contributed by atoms with Crippen LogP contribution in [0.2, 0.25) is 0 Å². The molecule has 0 saturated carbocycles. The van der Waals surface area contributed by atoms with E-state index in [0.717, 1.165) is 0 Å². The first kappa shape index (κ1) is 21.0. The van der Waals surface area contributed by atoms with E-state index in [1.165, 1.54) is 12.1 Å². The number of halogens is 5. The zero-order valence-corrected chi connectivity index (χ0v) is 17.0. The van der Waals surface area contributed by atoms with Gasteiger partial charge in [-0.05, 0) is 71.2 Å². The van der Waals surface area contributed by atoms with Crippen LogP contribution in [0.15, 0.2) is 12.1 Å². The normalized spacial score (nSPS) is 14.0. The Morgan fingerprint density at radius 1 is 1.17 bits per heavy atom. The van der Waals surface area contributed by atoms with Crippen LogP contribution < -0.4 is 9.47 Å². The van der Waals surface area contributed by atoms with Crippen molar-refractivity contribution in [1.29, 1.82) is 0 Å². The lowest BCUT2D eigenvalue weighted by molar-refractivity contribution is -0.188. The van der Waals surface area contributed by atoms with Crippen molar-refractivity contribution in [3.63, 3.8) is 0 Å². The second kappa shape index (κ2) is 7.91. The van der Waals surface area contributed by atoms with Gasteiger partial charge in [-0.2, -0.15) is 21.6 Å². The van der Waals surface area contributed by atoms with Crippen molar-refractivity contribution in [2.75, 3.05) is 5.75 Å². The van der Waals surface area contributed by atoms with Gasteiger partial charge in [0.1, 0.15) is 17.3 Å². The zero-order valence-electron chi connectivity index (χ0n) is 11.9. The van der Waals surface area contributed by atoms with Gasteiger partial charge in [0.2, 0.25) is 6.10 Å². The summed E-state index contributed by atoms with van der Waals surface area (Å²) in [5.41, 5.74) is 0. The third-order valence-electron chi connectivity index (χ3n) is 2.33. The second-order valence-electron chi connectivity index (χ2n) is 4.78. The number of ether oxygens (including phenoxy) is 2. The van der Waals surface area contributed by atoms with Gasteiger partial charge in [-0.15, -0.1) is 0 Å². The molecule has 11 heteroatoms. The van der Waals surface area contributed by atoms with Crippen molar-refractivity contribution in [3.05, 3.63) is 19.3 Å². The minimum atomic E-state index is -4.94. The number of hydrogen-bond acceptors (Lipinski definition) is 4. The molecule has 1 aromatic rings. The molecule has 0 radical (unpaired) electrons. The van der Waals surface area contributed by atoms with Gasteiger partial charge >= 0.3 is 6.18 Å². The lowest BCUT2D eigenvalue weighted by Gasteiger charge is -2.22. The van der Waals surface area contributed by atoms with Gasteiger partial charge in [0, 0.05) is 0 Å². The molecule has 0 fully saturated rings. The first-order valence-corrected chi connectivity index (χ1v) is 9.90. The van der Waals surface area contributed by atoms with Crippen LogP contribution in [0.3, 0.4) is 0 Å². The van der Waals surface area contributed by atoms with E-state index >= 15 is 0 Å². The molecule has 0 heterocycles. The minimum Gasteiger partial charge on any atom is -0.489 e. The summed E-state index contributed by atoms with van der Waals surface area (Å²) in [6, 6.07) is 2.62. The molecule has 5 nitrogen and oxygen atoms in total. The maximum atomic E-state index is 12.9. The average molecular weight is 580 g/mol. The van der Waals surface area contributed by atoms with Gasteiger partial charge in [0.05, 0.1) is 13.2 Å². The zero-order chi connectivity index (χ0) is 18.0. The fourth-order valence-electron chi connectivity index (χ4n) is 1.50. The average Bonchev–Trinajstić information content (AvgIpc) is 2.30. The Kier molecular flexibility index (Phi) is 7.23. The highest BCUT2D eigenvalue weighted by molar-refractivity contribution is 14.1. The van der Waals surface area contributed by atoms with E-state index in [1.807, 2.05) is 59.0 Å². The Labute approximate surface area is 158 Å². The van der Waals surface area contributed by atoms with Crippen molar-refractivity contribution in [2.45, 2.75) is 32.2 Å². The van der Waals surface area contributed by atoms with Crippen LogP contribution in [-0.4, -0.2) is 37.1 Å². The molecule has 132 valence electrons. The molecule has 1 rings (SSSR count). The predicted octanol–water partition coefficient (Wildman–Crippen LogP) is 3.88. The Balaban J connectivity index is 3.10. The summed E-state index contributed by atoms with van der Waals surface area (Å²) in [6.07, 6.45) is -7.73. The maximum Gasteiger partial charge on any atom is 0.426 e. The quantitative estimate of drug-likeness (QED) is 0.409. The van der Waals surface area contributed by atoms with Crippen LogP contribution in [0.1, 0.15) is 13.8 Å². The number of rotatable bonds is 6. The molecule has 0 spiro atoms. The molecule has 23 heavy (non-hydrogen) atoms. The fraction of sp³-hybridized carbons (Fsp3) is 0.500. The van der Waals surface area contributed by atoms with Gasteiger partial charge in [-0.1, -0.05) is 0 Å². The molecule has 0 aliphatic heterocycles. The molecule has 1 N–H and O–H groups in total. The molecule has 0 amide bonds. The molecular formula is C12H13F3I2O5S. The van der Waals surface area contributed by atoms with Crippen LogP contribution in [-0.2, 0) is 10.1 Å². The van der Waals surface area contributed by atoms with E-state index in [1.54, 1.807) is 0 Å². The van der Waals surface area contributed by atoms with E-state index in [9.17, 15) is 21.6 Å². The molecule has 0 saturated heterocycles. The molecule has 0 bridgehead atoms. The second-order valence-corrected chi connectivity index (χ2v) is 8.60. The lowest BCUT2D eigenvalue weighted by Crippen LogP contribution is -2.40. The summed E-state index contributed by atoms with van der Waals surface area (Å²) in [6.45, 7) is 3.62. The van der Waals surface area contributed by atoms with Crippen molar-refractivity contribution in [3.8, 4) is 11.5 Å². The highest BCUT2D eigenvalue weighted by Gasteiger charge is 2.44. The molecule has 1 unspecified atom stereocenters. The molecule has 0 aliphatic carbocycles. The largest absolute Gasteiger partial charge is 0.489 e. The van der Waals surface area contributed by atoms with Crippen molar-refractivity contribution in [2.24, 2.45) is 0 Å². The molecular weight excluding hydrogens is 567 g/mol. The molecule has 1 aromatic carbocycles. The minimum absolute atomic E-state index is 0.119. The van der Waals surface area contributed by atoms with E-state index < -0.39 is 28.2 Å². The van der Waals surface area contributed by atoms with Gasteiger partial charge in [0.25, 0.3) is 10.1 Å². The van der Waals surface area contributed by atoms with Gasteiger partial charge in [-0.3, -0.25) is 4.55 Å². The summed E-state index contributed by atoms with van der Waals surface area (Å²) in [7, 11) is -4.84. The van der Waals surface area contributed by atoms with Gasteiger partial charge in [0.15, 0.2) is 0 Å². The number of alkyl halides is 3. The first-order chi connectivity index (χ1) is 10.3. The summed E-state index contributed by atoms with van der Waals surface area (Å²) in [5, 5.41) is 0. The molecule has 1 atom stereocenters. The third kappa shape index (κ3) is 7.17. The predicted molar refractivity (Wildman–Crippen MR) is 94.5 cm³/mol. The van der Waals surface area contributed by atoms with Crippen molar-refractivity contribution >= 4 is 55.3 Å². The van der Waals surface area contributed by atoms with Crippen LogP contribution in [0, 0.1) is 7.14 Å². The molecule has 0 aliphatic rings. The highest BCUT2D eigenvalue weighted by atomic mass is 127. The van der Waals surface area contributed by atoms with E-state index in [4.69, 9.17) is 14.0 Å². The first-order valence-electron chi connectivity index (χ1n) is 6.14. The Bertz CT molecular complexity index is 638. The van der Waals surface area contributed by atoms with Crippen molar-refractivity contribution < 1.29 is 35.6 Å². The Morgan fingerprint density at radius 2 is 1.65 bits per heavy atom. The summed E-state index contributed by atoms with van der Waals surface area (Å²) >= 11 is 3.76. The van der Waals surface area contributed by atoms with E-state index in [2.05, 4.69) is 0 Å². The Morgan fingerprint density at radius 3 is 2.00 bits per heavy atom. The summed E-state index contributed by atoms with van der Waals surface area (Å²) in [5.74, 6) is -1.23. The maximum absolute atomic E-state index is 12.9. The van der Waals surface area contributed by atoms with Gasteiger partial charge < -0.3 is 9.47 Å². The number of benzene rings is 1. The summed E-state index contributed by atoms with van der Waals surface area (Å²) in [4.78, 5) is 0. The lowest BCUT2D eigenvalue weighted by atomic mass is 10.3. The highest BCUT2D eigenvalue weighted by Crippen LogP contribution is 2.34. The van der Waals surface area contributed by atoms with Crippen LogP contribution in [0.4, 0.5) is 13.2 Å². The van der Waals surface area contributed by atoms with E-state index in [0.29, 0.717) is 12.9 Å². The summed E-state index contributed by atoms with van der Waals surface area (Å²) < 4.78 is 80.1. The SMILES string of the molecule is CC(C)Oc1c(I)cc(OC(CS(=O)(=O)O)C(F)(F)F)cc1I. The third-order valence-corrected chi connectivity index (χ3v) is 4.66. The topological polar surface area (TPSA) is 72.8 Å². The molecule has 0 aromatic heterocycles.